The van der Waals surface area contributed by atoms with Crippen LogP contribution in [0.3, 0.4) is 0 Å². The first-order chi connectivity index (χ1) is 14.9. The highest BCUT2D eigenvalue weighted by atomic mass is 32.1. The maximum Gasteiger partial charge on any atom is 0.261 e. The molecule has 1 aromatic carbocycles. The van der Waals surface area contributed by atoms with Crippen molar-refractivity contribution in [3.8, 4) is 10.7 Å². The van der Waals surface area contributed by atoms with Crippen molar-refractivity contribution in [2.75, 3.05) is 5.32 Å². The van der Waals surface area contributed by atoms with Crippen molar-refractivity contribution in [2.24, 2.45) is 0 Å². The molecule has 9 nitrogen and oxygen atoms in total. The number of benzene rings is 1. The highest BCUT2D eigenvalue weighted by molar-refractivity contribution is 7.71. The minimum Gasteiger partial charge on any atom is -0.300 e. The lowest BCUT2D eigenvalue weighted by atomic mass is 10.2. The lowest BCUT2D eigenvalue weighted by Gasteiger charge is -2.06. The summed E-state index contributed by atoms with van der Waals surface area (Å²) in [5.41, 5.74) is 0.520. The number of rotatable bonds is 6. The third-order valence-corrected chi connectivity index (χ3v) is 5.80. The number of aromatic nitrogens is 6. The first kappa shape index (κ1) is 20.8. The van der Waals surface area contributed by atoms with Crippen LogP contribution in [0.4, 0.5) is 9.52 Å². The van der Waals surface area contributed by atoms with E-state index in [1.807, 2.05) is 0 Å². The zero-order chi connectivity index (χ0) is 22.1. The summed E-state index contributed by atoms with van der Waals surface area (Å²) in [5, 5.41) is 10.1. The number of fused-ring (bicyclic) bond motifs is 1. The van der Waals surface area contributed by atoms with E-state index >= 15 is 0 Å². The van der Waals surface area contributed by atoms with Gasteiger partial charge in [0.05, 0.1) is 27.8 Å². The molecule has 0 radical (unpaired) electrons. The minimum absolute atomic E-state index is 0.104. The van der Waals surface area contributed by atoms with Crippen molar-refractivity contribution >= 4 is 45.5 Å². The molecule has 1 amide bonds. The summed E-state index contributed by atoms with van der Waals surface area (Å²) >= 11 is 6.47. The number of H-pyrrole nitrogens is 1. The van der Waals surface area contributed by atoms with E-state index in [1.54, 1.807) is 17.6 Å². The predicted molar refractivity (Wildman–Crippen MR) is 118 cm³/mol. The molecule has 0 saturated carbocycles. The Morgan fingerprint density at radius 1 is 1.45 bits per heavy atom. The number of hydrogen-bond donors (Lipinski definition) is 2. The Morgan fingerprint density at radius 2 is 2.26 bits per heavy atom. The molecule has 0 aliphatic heterocycles. The normalized spacial score (nSPS) is 11.0. The van der Waals surface area contributed by atoms with Gasteiger partial charge < -0.3 is 5.32 Å². The molecule has 0 atom stereocenters. The molecule has 0 spiro atoms. The lowest BCUT2D eigenvalue weighted by Crippen LogP contribution is -2.27. The molecule has 2 N–H and O–H groups in total. The van der Waals surface area contributed by atoms with Crippen LogP contribution in [0, 0.1) is 17.5 Å². The van der Waals surface area contributed by atoms with Gasteiger partial charge in [0.15, 0.2) is 15.7 Å². The number of nitrogens with one attached hydrogen (secondary N) is 2. The largest absolute Gasteiger partial charge is 0.300 e. The fraction of sp³-hybridized carbons (Fsp3) is 0.158. The van der Waals surface area contributed by atoms with Gasteiger partial charge in [-0.3, -0.25) is 23.8 Å². The summed E-state index contributed by atoms with van der Waals surface area (Å²) in [6.45, 7) is 5.70. The van der Waals surface area contributed by atoms with Gasteiger partial charge in [-0.2, -0.15) is 5.10 Å². The lowest BCUT2D eigenvalue weighted by molar-refractivity contribution is -0.116. The van der Waals surface area contributed by atoms with E-state index in [0.717, 1.165) is 15.5 Å². The standard InChI is InChI=1S/C19H16FN7O2S2/c1-3-6-27-16(24-25-19(27)30)15-10(2)22-18(31-15)23-14(28)8-26-9-21-13-5-4-11(20)7-12(13)17(26)29/h3-5,7,9H,1,6,8H2,2H3,(H,25,30)(H,22,23,28). The molecule has 31 heavy (non-hydrogen) atoms. The van der Waals surface area contributed by atoms with Gasteiger partial charge in [-0.15, -0.1) is 6.58 Å². The maximum absolute atomic E-state index is 13.5. The first-order valence-corrected chi connectivity index (χ1v) is 10.3. The minimum atomic E-state index is -0.548. The van der Waals surface area contributed by atoms with Gasteiger partial charge in [0.2, 0.25) is 5.91 Å². The maximum atomic E-state index is 13.5. The number of anilines is 1. The first-order valence-electron chi connectivity index (χ1n) is 9.06. The number of aromatic amines is 1. The number of halogens is 1. The Hall–Kier alpha value is -3.51. The van der Waals surface area contributed by atoms with Gasteiger partial charge in [-0.05, 0) is 37.3 Å². The predicted octanol–water partition coefficient (Wildman–Crippen LogP) is 3.05. The van der Waals surface area contributed by atoms with Crippen LogP contribution in [0.1, 0.15) is 5.69 Å². The third-order valence-electron chi connectivity index (χ3n) is 4.42. The molecule has 3 heterocycles. The number of nitrogens with zero attached hydrogens (tertiary/aromatic N) is 5. The number of thiazole rings is 1. The fourth-order valence-corrected chi connectivity index (χ4v) is 4.19. The highest BCUT2D eigenvalue weighted by Crippen LogP contribution is 2.31. The Kier molecular flexibility index (Phi) is 5.57. The summed E-state index contributed by atoms with van der Waals surface area (Å²) in [5.74, 6) is -0.420. The molecular formula is C19H16FN7O2S2. The Bertz CT molecular complexity index is 1430. The summed E-state index contributed by atoms with van der Waals surface area (Å²) in [4.78, 5) is 34.3. The van der Waals surface area contributed by atoms with Crippen LogP contribution in [-0.2, 0) is 17.9 Å². The number of allylic oxidation sites excluding steroid dienone is 1. The van der Waals surface area contributed by atoms with E-state index in [1.165, 1.54) is 29.8 Å². The van der Waals surface area contributed by atoms with Gasteiger partial charge in [-0.25, -0.2) is 14.4 Å². The topological polar surface area (TPSA) is 110 Å². The summed E-state index contributed by atoms with van der Waals surface area (Å²) in [6, 6.07) is 3.74. The second-order valence-corrected chi connectivity index (χ2v) is 7.96. The van der Waals surface area contributed by atoms with Crippen LogP contribution >= 0.6 is 23.6 Å². The van der Waals surface area contributed by atoms with Crippen molar-refractivity contribution < 1.29 is 9.18 Å². The third kappa shape index (κ3) is 4.07. The number of carbonyl (C=O) groups excluding carboxylic acids is 1. The second-order valence-electron chi connectivity index (χ2n) is 6.57. The van der Waals surface area contributed by atoms with E-state index in [4.69, 9.17) is 12.2 Å². The number of amides is 1. The molecule has 4 rings (SSSR count). The molecule has 0 bridgehead atoms. The summed E-state index contributed by atoms with van der Waals surface area (Å²) < 4.78 is 16.8. The molecule has 0 aliphatic carbocycles. The average Bonchev–Trinajstić information content (AvgIpc) is 3.27. The van der Waals surface area contributed by atoms with Crippen LogP contribution in [0.25, 0.3) is 21.6 Å². The zero-order valence-electron chi connectivity index (χ0n) is 16.3. The Balaban J connectivity index is 1.57. The fourth-order valence-electron chi connectivity index (χ4n) is 3.00. The van der Waals surface area contributed by atoms with Crippen LogP contribution in [-0.4, -0.2) is 35.2 Å². The van der Waals surface area contributed by atoms with E-state index in [9.17, 15) is 14.0 Å². The van der Waals surface area contributed by atoms with Crippen LogP contribution in [0.5, 0.6) is 0 Å². The van der Waals surface area contributed by atoms with Crippen molar-refractivity contribution in [3.05, 3.63) is 63.8 Å². The van der Waals surface area contributed by atoms with E-state index in [0.29, 0.717) is 33.5 Å². The monoisotopic (exact) mass is 457 g/mol. The smallest absolute Gasteiger partial charge is 0.261 e. The average molecular weight is 458 g/mol. The highest BCUT2D eigenvalue weighted by Gasteiger charge is 2.17. The van der Waals surface area contributed by atoms with Crippen LogP contribution in [0.15, 0.2) is 42.0 Å². The van der Waals surface area contributed by atoms with Gasteiger partial charge >= 0.3 is 0 Å². The van der Waals surface area contributed by atoms with E-state index in [-0.39, 0.29) is 11.9 Å². The molecule has 158 valence electrons. The van der Waals surface area contributed by atoms with Crippen molar-refractivity contribution in [3.63, 3.8) is 0 Å². The van der Waals surface area contributed by atoms with Crippen molar-refractivity contribution in [1.29, 1.82) is 0 Å². The number of aryl methyl sites for hydroxylation is 1. The molecule has 12 heteroatoms. The number of hydrogen-bond acceptors (Lipinski definition) is 7. The SMILES string of the molecule is C=CCn1c(-c2sc(NC(=O)Cn3cnc4ccc(F)cc4c3=O)nc2C)n[nH]c1=S. The van der Waals surface area contributed by atoms with Crippen molar-refractivity contribution in [2.45, 2.75) is 20.0 Å². The second kappa shape index (κ2) is 8.32. The van der Waals surface area contributed by atoms with Crippen molar-refractivity contribution in [1.82, 2.24) is 29.3 Å². The van der Waals surface area contributed by atoms with Gasteiger partial charge in [0, 0.05) is 6.54 Å². The molecule has 3 aromatic heterocycles. The van der Waals surface area contributed by atoms with Crippen LogP contribution < -0.4 is 10.9 Å². The Morgan fingerprint density at radius 3 is 3.03 bits per heavy atom. The zero-order valence-corrected chi connectivity index (χ0v) is 17.9. The Labute approximate surface area is 183 Å². The van der Waals surface area contributed by atoms with E-state index in [2.05, 4.69) is 32.1 Å². The van der Waals surface area contributed by atoms with Gasteiger partial charge in [0.25, 0.3) is 5.56 Å². The summed E-state index contributed by atoms with van der Waals surface area (Å²) in [6.07, 6.45) is 2.96. The molecule has 0 unspecified atom stereocenters. The molecule has 0 saturated heterocycles. The van der Waals surface area contributed by atoms with Gasteiger partial charge in [-0.1, -0.05) is 17.4 Å². The van der Waals surface area contributed by atoms with E-state index < -0.39 is 17.3 Å². The quantitative estimate of drug-likeness (QED) is 0.340. The summed E-state index contributed by atoms with van der Waals surface area (Å²) in [7, 11) is 0. The molecule has 0 aliphatic rings. The number of carbonyl (C=O) groups is 1. The van der Waals surface area contributed by atoms with Gasteiger partial charge in [0.1, 0.15) is 12.4 Å². The molecule has 0 fully saturated rings. The molecular weight excluding hydrogens is 441 g/mol. The molecule has 4 aromatic rings. The van der Waals surface area contributed by atoms with Crippen LogP contribution in [0.2, 0.25) is 0 Å².